The van der Waals surface area contributed by atoms with Gasteiger partial charge in [0, 0.05) is 11.6 Å². The van der Waals surface area contributed by atoms with Crippen molar-refractivity contribution in [3.05, 3.63) is 28.2 Å². The number of anilines is 1. The number of hydrogen-bond donors (Lipinski definition) is 3. The number of carboxylic acids is 1. The molecule has 0 heterocycles. The van der Waals surface area contributed by atoms with Crippen LogP contribution in [-0.2, 0) is 4.74 Å². The number of methoxy groups -OCH3 is 1. The van der Waals surface area contributed by atoms with Gasteiger partial charge in [-0.2, -0.15) is 0 Å². The molecular formula is C12H15BrN2O4. The van der Waals surface area contributed by atoms with E-state index in [0.717, 1.165) is 0 Å². The van der Waals surface area contributed by atoms with Gasteiger partial charge in [0.2, 0.25) is 0 Å². The van der Waals surface area contributed by atoms with Gasteiger partial charge in [-0.1, -0.05) is 15.9 Å². The molecule has 1 aromatic rings. The number of carbonyl (C=O) groups is 2. The van der Waals surface area contributed by atoms with Gasteiger partial charge in [-0.05, 0) is 25.1 Å². The van der Waals surface area contributed by atoms with Crippen molar-refractivity contribution in [3.63, 3.8) is 0 Å². The maximum atomic E-state index is 11.7. The summed E-state index contributed by atoms with van der Waals surface area (Å²) in [6, 6.07) is 3.95. The topological polar surface area (TPSA) is 87.7 Å². The second kappa shape index (κ2) is 7.10. The Morgan fingerprint density at radius 2 is 2.16 bits per heavy atom. The molecule has 0 radical (unpaired) electrons. The van der Waals surface area contributed by atoms with Crippen LogP contribution < -0.4 is 10.6 Å². The van der Waals surface area contributed by atoms with Crippen molar-refractivity contribution < 1.29 is 19.4 Å². The van der Waals surface area contributed by atoms with Crippen LogP contribution in [0.5, 0.6) is 0 Å². The molecule has 19 heavy (non-hydrogen) atoms. The highest BCUT2D eigenvalue weighted by atomic mass is 79.9. The summed E-state index contributed by atoms with van der Waals surface area (Å²) in [7, 11) is 1.54. The zero-order chi connectivity index (χ0) is 14.4. The minimum Gasteiger partial charge on any atom is -0.478 e. The molecule has 0 spiro atoms. The van der Waals surface area contributed by atoms with Gasteiger partial charge in [0.25, 0.3) is 0 Å². The van der Waals surface area contributed by atoms with E-state index in [2.05, 4.69) is 26.6 Å². The second-order valence-corrected chi connectivity index (χ2v) is 4.87. The van der Waals surface area contributed by atoms with E-state index in [9.17, 15) is 9.59 Å². The molecule has 1 aromatic carbocycles. The average Bonchev–Trinajstić information content (AvgIpc) is 2.31. The number of aromatic carboxylic acids is 1. The predicted molar refractivity (Wildman–Crippen MR) is 74.6 cm³/mol. The van der Waals surface area contributed by atoms with E-state index in [4.69, 9.17) is 9.84 Å². The maximum absolute atomic E-state index is 11.7. The second-order valence-electron chi connectivity index (χ2n) is 3.95. The number of benzene rings is 1. The fourth-order valence-electron chi connectivity index (χ4n) is 1.48. The predicted octanol–water partition coefficient (Wildman–Crippen LogP) is 2.30. The summed E-state index contributed by atoms with van der Waals surface area (Å²) in [5.41, 5.74) is 0.252. The SMILES string of the molecule is COCC(C)NC(=O)Nc1ccc(Br)cc1C(=O)O. The lowest BCUT2D eigenvalue weighted by atomic mass is 10.2. The van der Waals surface area contributed by atoms with Crippen LogP contribution in [0.3, 0.4) is 0 Å². The molecule has 0 bridgehead atoms. The van der Waals surface area contributed by atoms with Crippen molar-refractivity contribution in [2.24, 2.45) is 0 Å². The van der Waals surface area contributed by atoms with E-state index in [-0.39, 0.29) is 17.3 Å². The number of halogens is 1. The Morgan fingerprint density at radius 1 is 1.47 bits per heavy atom. The lowest BCUT2D eigenvalue weighted by Gasteiger charge is -2.14. The van der Waals surface area contributed by atoms with E-state index in [1.165, 1.54) is 19.2 Å². The van der Waals surface area contributed by atoms with Gasteiger partial charge in [0.15, 0.2) is 0 Å². The molecule has 0 saturated carbocycles. The number of carboxylic acid groups (broad SMARTS) is 1. The molecule has 104 valence electrons. The summed E-state index contributed by atoms with van der Waals surface area (Å²) in [6.07, 6.45) is 0. The molecule has 0 saturated heterocycles. The Hall–Kier alpha value is -1.60. The Morgan fingerprint density at radius 3 is 2.74 bits per heavy atom. The van der Waals surface area contributed by atoms with Crippen LogP contribution in [0.4, 0.5) is 10.5 Å². The number of carbonyl (C=O) groups excluding carboxylic acids is 1. The lowest BCUT2D eigenvalue weighted by Crippen LogP contribution is -2.38. The fraction of sp³-hybridized carbons (Fsp3) is 0.333. The van der Waals surface area contributed by atoms with Gasteiger partial charge < -0.3 is 20.5 Å². The lowest BCUT2D eigenvalue weighted by molar-refractivity contribution is 0.0698. The minimum absolute atomic E-state index is 0.0175. The monoisotopic (exact) mass is 330 g/mol. The average molecular weight is 331 g/mol. The molecule has 0 aromatic heterocycles. The molecule has 7 heteroatoms. The van der Waals surface area contributed by atoms with Gasteiger partial charge in [0.05, 0.1) is 23.9 Å². The summed E-state index contributed by atoms with van der Waals surface area (Å²) in [6.45, 7) is 2.16. The maximum Gasteiger partial charge on any atom is 0.337 e. The number of hydrogen-bond acceptors (Lipinski definition) is 3. The van der Waals surface area contributed by atoms with Crippen molar-refractivity contribution in [1.29, 1.82) is 0 Å². The third-order valence-electron chi connectivity index (χ3n) is 2.25. The molecular weight excluding hydrogens is 316 g/mol. The molecule has 0 aliphatic rings. The Balaban J connectivity index is 2.76. The van der Waals surface area contributed by atoms with E-state index in [0.29, 0.717) is 11.1 Å². The fourth-order valence-corrected chi connectivity index (χ4v) is 1.84. The van der Waals surface area contributed by atoms with E-state index in [1.54, 1.807) is 13.0 Å². The Labute approximate surface area is 119 Å². The number of amides is 2. The van der Waals surface area contributed by atoms with Crippen LogP contribution in [0.25, 0.3) is 0 Å². The largest absolute Gasteiger partial charge is 0.478 e. The molecule has 0 fully saturated rings. The molecule has 3 N–H and O–H groups in total. The van der Waals surface area contributed by atoms with E-state index in [1.807, 2.05) is 0 Å². The molecule has 1 atom stereocenters. The van der Waals surface area contributed by atoms with Gasteiger partial charge in [-0.15, -0.1) is 0 Å². The first-order chi connectivity index (χ1) is 8.93. The van der Waals surface area contributed by atoms with Crippen LogP contribution >= 0.6 is 15.9 Å². The summed E-state index contributed by atoms with van der Waals surface area (Å²) in [5.74, 6) is -1.11. The number of ether oxygens (including phenoxy) is 1. The molecule has 6 nitrogen and oxygen atoms in total. The van der Waals surface area contributed by atoms with Crippen molar-refractivity contribution in [2.45, 2.75) is 13.0 Å². The molecule has 0 aliphatic carbocycles. The third kappa shape index (κ3) is 4.88. The van der Waals surface area contributed by atoms with Crippen LogP contribution in [0.2, 0.25) is 0 Å². The number of nitrogens with one attached hydrogen (secondary N) is 2. The quantitative estimate of drug-likeness (QED) is 0.773. The first-order valence-electron chi connectivity index (χ1n) is 5.53. The first kappa shape index (κ1) is 15.5. The van der Waals surface area contributed by atoms with Gasteiger partial charge >= 0.3 is 12.0 Å². The van der Waals surface area contributed by atoms with Gasteiger partial charge in [-0.25, -0.2) is 9.59 Å². The summed E-state index contributed by atoms with van der Waals surface area (Å²) in [4.78, 5) is 22.7. The third-order valence-corrected chi connectivity index (χ3v) is 2.75. The standard InChI is InChI=1S/C12H15BrN2O4/c1-7(6-19-2)14-12(18)15-10-4-3-8(13)5-9(10)11(16)17/h3-5,7H,6H2,1-2H3,(H,16,17)(H2,14,15,18). The normalized spacial score (nSPS) is 11.7. The van der Waals surface area contributed by atoms with Crippen molar-refractivity contribution in [3.8, 4) is 0 Å². The zero-order valence-corrected chi connectivity index (χ0v) is 12.2. The molecule has 0 aliphatic heterocycles. The summed E-state index contributed by atoms with van der Waals surface area (Å²) in [5, 5.41) is 14.2. The van der Waals surface area contributed by atoms with Crippen molar-refractivity contribution in [1.82, 2.24) is 5.32 Å². The van der Waals surface area contributed by atoms with Crippen LogP contribution in [0, 0.1) is 0 Å². The Kier molecular flexibility index (Phi) is 5.78. The smallest absolute Gasteiger partial charge is 0.337 e. The number of rotatable bonds is 5. The minimum atomic E-state index is -1.11. The summed E-state index contributed by atoms with van der Waals surface area (Å²) >= 11 is 3.18. The summed E-state index contributed by atoms with van der Waals surface area (Å²) < 4.78 is 5.52. The molecule has 1 unspecified atom stereocenters. The zero-order valence-electron chi connectivity index (χ0n) is 10.6. The highest BCUT2D eigenvalue weighted by molar-refractivity contribution is 9.10. The van der Waals surface area contributed by atoms with Crippen LogP contribution in [-0.4, -0.2) is 36.9 Å². The van der Waals surface area contributed by atoms with Crippen LogP contribution in [0.15, 0.2) is 22.7 Å². The van der Waals surface area contributed by atoms with E-state index < -0.39 is 12.0 Å². The Bertz CT molecular complexity index is 479. The highest BCUT2D eigenvalue weighted by Crippen LogP contribution is 2.21. The highest BCUT2D eigenvalue weighted by Gasteiger charge is 2.14. The van der Waals surface area contributed by atoms with Gasteiger partial charge in [-0.3, -0.25) is 0 Å². The van der Waals surface area contributed by atoms with Crippen molar-refractivity contribution >= 4 is 33.6 Å². The van der Waals surface area contributed by atoms with Crippen LogP contribution in [0.1, 0.15) is 17.3 Å². The van der Waals surface area contributed by atoms with E-state index >= 15 is 0 Å². The first-order valence-corrected chi connectivity index (χ1v) is 6.32. The molecule has 2 amide bonds. The number of urea groups is 1. The van der Waals surface area contributed by atoms with Crippen molar-refractivity contribution in [2.75, 3.05) is 19.0 Å². The van der Waals surface area contributed by atoms with Gasteiger partial charge in [0.1, 0.15) is 0 Å². The molecule has 1 rings (SSSR count).